The number of likely N-dealkylation sites (N-methyl/N-ethyl adjacent to an activating group) is 2. The molecule has 0 bridgehead atoms. The van der Waals surface area contributed by atoms with Crippen LogP contribution in [-0.4, -0.2) is 157 Å². The summed E-state index contributed by atoms with van der Waals surface area (Å²) in [6.45, 7) is 15.1. The van der Waals surface area contributed by atoms with E-state index < -0.39 is 39.4 Å². The van der Waals surface area contributed by atoms with E-state index in [1.165, 1.54) is 87.8 Å². The Hall–Kier alpha value is -12.5. The second-order valence-electron chi connectivity index (χ2n) is 38.4. The minimum Gasteiger partial charge on any atom is -0.489 e. The van der Waals surface area contributed by atoms with Crippen LogP contribution in [0.5, 0.6) is 5.75 Å². The van der Waals surface area contributed by atoms with Crippen molar-refractivity contribution in [1.82, 2.24) is 44.4 Å². The van der Waals surface area contributed by atoms with Gasteiger partial charge in [-0.2, -0.15) is 0 Å². The van der Waals surface area contributed by atoms with Crippen molar-refractivity contribution in [3.8, 4) is 39.3 Å². The summed E-state index contributed by atoms with van der Waals surface area (Å²) in [7, 11) is 6.69. The van der Waals surface area contributed by atoms with Crippen LogP contribution in [0.4, 0.5) is 4.39 Å². The van der Waals surface area contributed by atoms with Crippen LogP contribution in [0.2, 0.25) is 10.0 Å². The topological polar surface area (TPSA) is 359 Å². The maximum atomic E-state index is 13.6. The summed E-state index contributed by atoms with van der Waals surface area (Å²) in [6, 6.07) is 52.4. The molecule has 5 aliphatic heterocycles. The minimum absolute atomic E-state index is 0.0241. The van der Waals surface area contributed by atoms with Gasteiger partial charge in [0, 0.05) is 107 Å². The Bertz CT molecular complexity index is 6900. The first kappa shape index (κ1) is 100. The predicted octanol–water partition coefficient (Wildman–Crippen LogP) is 20.6. The number of guanidine groups is 5. The maximum absolute atomic E-state index is 13.6. The number of carbonyl (C=O) groups excluding carboxylic acids is 5. The van der Waals surface area contributed by atoms with Gasteiger partial charge in [0.05, 0.1) is 70.7 Å². The van der Waals surface area contributed by atoms with Crippen LogP contribution in [0.25, 0.3) is 64.7 Å². The Kier molecular flexibility index (Phi) is 30.5. The molecule has 7 aliphatic rings. The molecule has 0 spiro atoms. The molecule has 2 aliphatic carbocycles. The van der Waals surface area contributed by atoms with Crippen LogP contribution in [-0.2, 0) is 59.1 Å². The fraction of sp³-hybridized carbons (Fsp3) is 0.364. The Morgan fingerprint density at radius 2 is 1.24 bits per heavy atom. The van der Waals surface area contributed by atoms with Gasteiger partial charge in [-0.05, 0) is 286 Å². The van der Waals surface area contributed by atoms with Gasteiger partial charge < -0.3 is 47.7 Å². The summed E-state index contributed by atoms with van der Waals surface area (Å²) < 4.78 is 29.1. The largest absolute Gasteiger partial charge is 0.489 e. The highest BCUT2D eigenvalue weighted by Crippen LogP contribution is 2.50. The number of rotatable bonds is 21. The number of fused-ring (bicyclic) bond motifs is 3. The summed E-state index contributed by atoms with van der Waals surface area (Å²) >= 11 is 18.8. The SMILES string of the molecule is CC(C)Oc1ccc(-c2csc([C@]3(C)CC(=O)N(C)C(N)=N3)c2)cc1Cl.CN1C(=O)C[C@@](C)(c2cc(-c3ccc(F)c(Cl)c3)c3sccc3c2)N=C1N.CN1C(=O)[C@@](CCc2ccccc2)(C[C@H]2CCC[C@@H](NC3CCCCC3)C2)N=C1N.C[C@@]1(c2ccc3sccc3c2)CC(=O)N(CCCn2ccnc2)C(N)=N1.Cc1ccnc(-c2csc([C@@]3(C)N=C(N)N(C)C(=O)C3c3ccc4occc4c3)c2)c1. The van der Waals surface area contributed by atoms with Crippen LogP contribution in [0.1, 0.15) is 181 Å². The molecule has 6 aromatic carbocycles. The Morgan fingerprint density at radius 3 is 1.94 bits per heavy atom. The van der Waals surface area contributed by atoms with Crippen LogP contribution < -0.4 is 38.7 Å². The van der Waals surface area contributed by atoms with E-state index in [4.69, 9.17) is 76.0 Å². The molecule has 12 heterocycles. The molecule has 5 amide bonds. The Morgan fingerprint density at radius 1 is 0.571 bits per heavy atom. The zero-order valence-corrected chi connectivity index (χ0v) is 85.4. The summed E-state index contributed by atoms with van der Waals surface area (Å²) in [6.07, 6.45) is 24.7. The first-order chi connectivity index (χ1) is 66.9. The molecule has 11 N–H and O–H groups in total. The van der Waals surface area contributed by atoms with E-state index in [9.17, 15) is 28.4 Å². The molecule has 20 rings (SSSR count). The van der Waals surface area contributed by atoms with Gasteiger partial charge in [0.2, 0.25) is 23.6 Å². The number of furan rings is 1. The third-order valence-electron chi connectivity index (χ3n) is 27.7. The normalized spacial score (nSPS) is 22.8. The average Bonchev–Trinajstić information content (AvgIpc) is 1.31. The van der Waals surface area contributed by atoms with Gasteiger partial charge in [-0.15, -0.1) is 45.3 Å². The Labute approximate surface area is 841 Å². The molecular weight excluding hydrogens is 1880 g/mol. The summed E-state index contributed by atoms with van der Waals surface area (Å²) in [5.74, 6) is 1.49. The number of ether oxygens (including phenoxy) is 1. The van der Waals surface area contributed by atoms with Gasteiger partial charge in [-0.1, -0.05) is 110 Å². The lowest BCUT2D eigenvalue weighted by molar-refractivity contribution is -0.131. The molecule has 33 heteroatoms. The van der Waals surface area contributed by atoms with Crippen LogP contribution in [0.15, 0.2) is 240 Å². The van der Waals surface area contributed by atoms with E-state index in [0.29, 0.717) is 60.1 Å². The molecule has 140 heavy (non-hydrogen) atoms. The summed E-state index contributed by atoms with van der Waals surface area (Å²) in [5.41, 5.74) is 38.4. The van der Waals surface area contributed by atoms with Crippen molar-refractivity contribution in [3.63, 3.8) is 0 Å². The minimum atomic E-state index is -0.835. The third-order valence-corrected chi connectivity index (χ3v) is 32.4. The lowest BCUT2D eigenvalue weighted by Gasteiger charge is -2.40. The first-order valence-corrected chi connectivity index (χ1v) is 51.6. The van der Waals surface area contributed by atoms with E-state index in [1.54, 1.807) is 114 Å². The molecule has 1 unspecified atom stereocenters. The summed E-state index contributed by atoms with van der Waals surface area (Å²) in [5, 5.41) is 16.0. The van der Waals surface area contributed by atoms with E-state index in [-0.39, 0.29) is 65.0 Å². The number of thiophene rings is 4. The van der Waals surface area contributed by atoms with Gasteiger partial charge in [-0.25, -0.2) is 34.3 Å². The summed E-state index contributed by atoms with van der Waals surface area (Å²) in [4.78, 5) is 105. The first-order valence-electron chi connectivity index (χ1n) is 47.4. The van der Waals surface area contributed by atoms with E-state index in [2.05, 4.69) is 103 Å². The van der Waals surface area contributed by atoms with Crippen molar-refractivity contribution in [2.45, 2.75) is 210 Å². The van der Waals surface area contributed by atoms with Crippen LogP contribution in [0.3, 0.4) is 0 Å². The standard InChI is InChI=1S/C25H38N4O.C24H22N4O2S.C20H17ClFN3OS.C19H22ClN3O2S.C19H21N5OS/c1-29-23(30)25(28-24(29)26,16-15-19-9-4-2-5-10-19)18-20-11-8-14-22(17-20)27-21-12-6-3-7-13-21;1-14-6-8-26-18(10-14)17-12-20(31-13-17)24(2)21(22(29)28(3)23(25)27-24)16-4-5-19-15(11-16)7-9-30-19;1-20(10-17(26)25(2)19(23)24-20)13-7-12-5-6-27-18(12)14(9-13)11-3-4-16(22)15(21)8-11;1-11(2)25-15-6-5-12(7-14(15)20)13-8-16(26-10-13)19(3)9-17(24)23(4)18(21)22-19;1-19(15-3-4-16-14(11-15)5-10-26-16)12-17(25)24(18(20)22-19)8-2-7-23-9-6-21-13-23/h2,4-5,9-10,20-22,27H,3,6-8,11-18H2,1H3,(H2,26,28);4-13,21H,1-3H3,(H2,25,27);3-9H,10H2,1-2H3,(H2,23,24);5-8,10-11H,9H2,1-4H3,(H2,21,22);3-6,9-11,13H,2,7-8,12H2,1H3,(H2,20,22)/t20-,22+,25+;21?,24-;20-;2*19-/m01000/s1. The Balaban J connectivity index is 0.000000126. The molecule has 0 saturated heterocycles. The van der Waals surface area contributed by atoms with Crippen molar-refractivity contribution < 1.29 is 37.5 Å². The van der Waals surface area contributed by atoms with Crippen LogP contribution in [0, 0.1) is 18.7 Å². The van der Waals surface area contributed by atoms with Crippen molar-refractivity contribution >= 4 is 159 Å². The predicted molar refractivity (Wildman–Crippen MR) is 565 cm³/mol. The lowest BCUT2D eigenvalue weighted by atomic mass is 9.75. The number of nitrogens with one attached hydrogen (secondary N) is 1. The van der Waals surface area contributed by atoms with E-state index in [0.717, 1.165) is 125 Å². The van der Waals surface area contributed by atoms with Gasteiger partial charge >= 0.3 is 0 Å². The molecule has 8 atom stereocenters. The van der Waals surface area contributed by atoms with Crippen molar-refractivity contribution in [2.75, 3.05) is 34.7 Å². The van der Waals surface area contributed by atoms with E-state index >= 15 is 0 Å². The molecule has 26 nitrogen and oxygen atoms in total. The van der Waals surface area contributed by atoms with Crippen molar-refractivity contribution in [2.24, 2.45) is 59.5 Å². The highest BCUT2D eigenvalue weighted by Gasteiger charge is 2.51. The van der Waals surface area contributed by atoms with Crippen molar-refractivity contribution in [3.05, 3.63) is 264 Å². The number of aryl methyl sites for hydroxylation is 3. The number of nitrogens with zero attached hydrogens (tertiary/aromatic N) is 13. The number of aliphatic imine (C=N–C) groups is 5. The smallest absolute Gasteiger partial charge is 0.257 e. The zero-order valence-electron chi connectivity index (χ0n) is 80.6. The van der Waals surface area contributed by atoms with Gasteiger partial charge in [0.25, 0.3) is 5.91 Å². The number of aromatic nitrogens is 3. The second-order valence-corrected chi connectivity index (χ2v) is 42.9. The number of pyridine rings is 1. The average molecular weight is 2000 g/mol. The van der Waals surface area contributed by atoms with Gasteiger partial charge in [0.15, 0.2) is 29.8 Å². The molecule has 2 fully saturated rings. The number of halogens is 3. The number of hydrogen-bond acceptors (Lipinski definition) is 24. The molecular formula is C107H120Cl2FN19O7S4. The quantitative estimate of drug-likeness (QED) is 0.0389. The van der Waals surface area contributed by atoms with Gasteiger partial charge in [-0.3, -0.25) is 53.5 Å². The third kappa shape index (κ3) is 22.3. The number of imidazole rings is 1. The highest BCUT2D eigenvalue weighted by atomic mass is 35.5. The van der Waals surface area contributed by atoms with Crippen molar-refractivity contribution in [1.29, 1.82) is 0 Å². The van der Waals surface area contributed by atoms with Crippen LogP contribution >= 0.6 is 68.5 Å². The maximum Gasteiger partial charge on any atom is 0.257 e. The molecule has 730 valence electrons. The molecule has 7 aromatic heterocycles. The van der Waals surface area contributed by atoms with E-state index in [1.807, 2.05) is 149 Å². The molecule has 13 aromatic rings. The number of amides is 5. The lowest BCUT2D eigenvalue weighted by Crippen LogP contribution is -2.52. The molecule has 2 saturated carbocycles. The fourth-order valence-electron chi connectivity index (χ4n) is 19.6. The monoisotopic (exact) mass is 2000 g/mol. The zero-order chi connectivity index (χ0) is 99.3. The number of nitrogens with two attached hydrogens (primary N) is 5. The van der Waals surface area contributed by atoms with Gasteiger partial charge in [0.1, 0.15) is 33.8 Å². The second kappa shape index (κ2) is 42.5. The number of benzene rings is 6. The molecule has 0 radical (unpaired) electrons. The highest BCUT2D eigenvalue weighted by molar-refractivity contribution is 7.18. The number of carbonyl (C=O) groups is 5. The number of hydrogen-bond donors (Lipinski definition) is 6. The fourth-order valence-corrected chi connectivity index (χ4v) is 23.8.